The van der Waals surface area contributed by atoms with Crippen LogP contribution in [-0.4, -0.2) is 19.5 Å². The number of fused-ring (bicyclic) bond motifs is 3. The fourth-order valence-electron chi connectivity index (χ4n) is 1.91. The Hall–Kier alpha value is -2.17. The zero-order chi connectivity index (χ0) is 11.3. The highest BCUT2D eigenvalue weighted by molar-refractivity contribution is 6.04. The van der Waals surface area contributed by atoms with E-state index in [0.29, 0.717) is 5.82 Å². The first-order valence-corrected chi connectivity index (χ1v) is 5.01. The Morgan fingerprint density at radius 3 is 2.88 bits per heavy atom. The van der Waals surface area contributed by atoms with Crippen LogP contribution in [0.15, 0.2) is 18.3 Å². The summed E-state index contributed by atoms with van der Waals surface area (Å²) in [4.78, 5) is 13.0. The maximum Gasteiger partial charge on any atom is 0.152 e. The SMILES string of the molecule is Cc1nc2c(N)nc3cccnc3c2n1C. The molecule has 0 atom stereocenters. The van der Waals surface area contributed by atoms with E-state index in [0.717, 1.165) is 27.9 Å². The zero-order valence-corrected chi connectivity index (χ0v) is 9.10. The number of nitrogens with zero attached hydrogens (tertiary/aromatic N) is 4. The molecule has 0 aliphatic carbocycles. The number of hydrogen-bond donors (Lipinski definition) is 1. The molecule has 5 heteroatoms. The minimum atomic E-state index is 0.458. The molecular weight excluding hydrogens is 202 g/mol. The van der Waals surface area contributed by atoms with Crippen molar-refractivity contribution >= 4 is 27.9 Å². The molecule has 0 radical (unpaired) electrons. The molecule has 0 saturated carbocycles. The van der Waals surface area contributed by atoms with Gasteiger partial charge < -0.3 is 10.3 Å². The van der Waals surface area contributed by atoms with Crippen LogP contribution in [0.2, 0.25) is 0 Å². The van der Waals surface area contributed by atoms with Crippen molar-refractivity contribution in [2.75, 3.05) is 5.73 Å². The van der Waals surface area contributed by atoms with E-state index in [4.69, 9.17) is 5.73 Å². The van der Waals surface area contributed by atoms with Crippen LogP contribution in [0.4, 0.5) is 5.82 Å². The van der Waals surface area contributed by atoms with Gasteiger partial charge in [0, 0.05) is 13.2 Å². The Labute approximate surface area is 91.9 Å². The molecule has 0 aliphatic rings. The summed E-state index contributed by atoms with van der Waals surface area (Å²) in [6.45, 7) is 1.94. The minimum Gasteiger partial charge on any atom is -0.382 e. The molecule has 2 N–H and O–H groups in total. The molecule has 3 heterocycles. The number of aryl methyl sites for hydroxylation is 2. The standard InChI is InChI=1S/C11H11N5/c1-6-14-9-10(16(6)2)8-7(15-11(9)12)4-3-5-13-8/h3-5H,1-2H3,(H2,12,15). The highest BCUT2D eigenvalue weighted by Gasteiger charge is 2.13. The van der Waals surface area contributed by atoms with Crippen molar-refractivity contribution < 1.29 is 0 Å². The molecule has 5 nitrogen and oxygen atoms in total. The Kier molecular flexibility index (Phi) is 1.65. The van der Waals surface area contributed by atoms with Crippen LogP contribution in [0.1, 0.15) is 5.82 Å². The van der Waals surface area contributed by atoms with Gasteiger partial charge in [-0.3, -0.25) is 4.98 Å². The third-order valence-electron chi connectivity index (χ3n) is 2.81. The van der Waals surface area contributed by atoms with E-state index in [-0.39, 0.29) is 0 Å². The third-order valence-corrected chi connectivity index (χ3v) is 2.81. The van der Waals surface area contributed by atoms with Gasteiger partial charge in [-0.1, -0.05) is 0 Å². The quantitative estimate of drug-likeness (QED) is 0.613. The molecule has 0 saturated heterocycles. The predicted molar refractivity (Wildman–Crippen MR) is 63.0 cm³/mol. The van der Waals surface area contributed by atoms with E-state index in [2.05, 4.69) is 15.0 Å². The first-order chi connectivity index (χ1) is 7.68. The summed E-state index contributed by atoms with van der Waals surface area (Å²) in [6.07, 6.45) is 1.75. The van der Waals surface area contributed by atoms with Gasteiger partial charge in [0.25, 0.3) is 0 Å². The lowest BCUT2D eigenvalue weighted by molar-refractivity contribution is 0.887. The monoisotopic (exact) mass is 213 g/mol. The van der Waals surface area contributed by atoms with Gasteiger partial charge in [0.05, 0.1) is 5.52 Å². The van der Waals surface area contributed by atoms with Crippen molar-refractivity contribution in [1.82, 2.24) is 19.5 Å². The van der Waals surface area contributed by atoms with Crippen molar-refractivity contribution in [1.29, 1.82) is 0 Å². The van der Waals surface area contributed by atoms with Crippen LogP contribution in [0, 0.1) is 6.92 Å². The number of nitrogen functional groups attached to an aromatic ring is 1. The molecule has 0 fully saturated rings. The summed E-state index contributed by atoms with van der Waals surface area (Å²) in [5, 5.41) is 0. The van der Waals surface area contributed by atoms with E-state index < -0.39 is 0 Å². The largest absolute Gasteiger partial charge is 0.382 e. The number of nitrogens with two attached hydrogens (primary N) is 1. The summed E-state index contributed by atoms with van der Waals surface area (Å²) < 4.78 is 1.99. The van der Waals surface area contributed by atoms with Crippen LogP contribution in [0.25, 0.3) is 22.1 Å². The number of pyridine rings is 2. The lowest BCUT2D eigenvalue weighted by atomic mass is 10.2. The van der Waals surface area contributed by atoms with E-state index >= 15 is 0 Å². The minimum absolute atomic E-state index is 0.458. The van der Waals surface area contributed by atoms with Crippen molar-refractivity contribution in [2.24, 2.45) is 7.05 Å². The average Bonchev–Trinajstić information content (AvgIpc) is 2.57. The van der Waals surface area contributed by atoms with Crippen molar-refractivity contribution in [3.63, 3.8) is 0 Å². The van der Waals surface area contributed by atoms with Gasteiger partial charge in [-0.2, -0.15) is 0 Å². The van der Waals surface area contributed by atoms with E-state index in [1.165, 1.54) is 0 Å². The van der Waals surface area contributed by atoms with Crippen LogP contribution < -0.4 is 5.73 Å². The number of hydrogen-bond acceptors (Lipinski definition) is 4. The number of imidazole rings is 1. The van der Waals surface area contributed by atoms with Crippen molar-refractivity contribution in [3.8, 4) is 0 Å². The van der Waals surface area contributed by atoms with E-state index in [1.807, 2.05) is 30.7 Å². The predicted octanol–water partition coefficient (Wildman–Crippen LogP) is 1.41. The van der Waals surface area contributed by atoms with Gasteiger partial charge in [0.2, 0.25) is 0 Å². The van der Waals surface area contributed by atoms with Crippen molar-refractivity contribution in [2.45, 2.75) is 6.92 Å². The number of rotatable bonds is 0. The van der Waals surface area contributed by atoms with Crippen LogP contribution >= 0.6 is 0 Å². The second kappa shape index (κ2) is 2.91. The van der Waals surface area contributed by atoms with Gasteiger partial charge in [-0.05, 0) is 19.1 Å². The second-order valence-corrected chi connectivity index (χ2v) is 3.78. The summed E-state index contributed by atoms with van der Waals surface area (Å²) in [7, 11) is 1.96. The molecule has 0 aromatic carbocycles. The van der Waals surface area contributed by atoms with Gasteiger partial charge in [-0.15, -0.1) is 0 Å². The van der Waals surface area contributed by atoms with Gasteiger partial charge in [0.15, 0.2) is 5.82 Å². The summed E-state index contributed by atoms with van der Waals surface area (Å²) >= 11 is 0. The topological polar surface area (TPSA) is 69.6 Å². The summed E-state index contributed by atoms with van der Waals surface area (Å²) in [6, 6.07) is 3.75. The summed E-state index contributed by atoms with van der Waals surface area (Å²) in [5.74, 6) is 1.36. The molecule has 16 heavy (non-hydrogen) atoms. The van der Waals surface area contributed by atoms with Crippen LogP contribution in [0.3, 0.4) is 0 Å². The highest BCUT2D eigenvalue weighted by Crippen LogP contribution is 2.25. The molecule has 80 valence electrons. The van der Waals surface area contributed by atoms with Crippen molar-refractivity contribution in [3.05, 3.63) is 24.2 Å². The smallest absolute Gasteiger partial charge is 0.152 e. The Bertz CT molecular complexity index is 698. The fourth-order valence-corrected chi connectivity index (χ4v) is 1.91. The number of anilines is 1. The third kappa shape index (κ3) is 1.02. The fraction of sp³-hybridized carbons (Fsp3) is 0.182. The number of aromatic nitrogens is 4. The Morgan fingerprint density at radius 2 is 2.06 bits per heavy atom. The maximum atomic E-state index is 5.89. The van der Waals surface area contributed by atoms with Crippen LogP contribution in [-0.2, 0) is 7.05 Å². The first-order valence-electron chi connectivity index (χ1n) is 5.01. The van der Waals surface area contributed by atoms with Crippen LogP contribution in [0.5, 0.6) is 0 Å². The van der Waals surface area contributed by atoms with Gasteiger partial charge >= 0.3 is 0 Å². The lowest BCUT2D eigenvalue weighted by Crippen LogP contribution is -1.96. The second-order valence-electron chi connectivity index (χ2n) is 3.78. The Morgan fingerprint density at radius 1 is 1.25 bits per heavy atom. The van der Waals surface area contributed by atoms with Gasteiger partial charge in [-0.25, -0.2) is 9.97 Å². The molecule has 3 rings (SSSR count). The normalized spacial score (nSPS) is 11.4. The van der Waals surface area contributed by atoms with E-state index in [1.54, 1.807) is 6.20 Å². The Balaban J connectivity index is 2.67. The molecule has 0 bridgehead atoms. The highest BCUT2D eigenvalue weighted by atomic mass is 15.1. The molecule has 0 spiro atoms. The molecule has 0 amide bonds. The molecule has 3 aromatic rings. The molecule has 0 unspecified atom stereocenters. The van der Waals surface area contributed by atoms with Gasteiger partial charge in [0.1, 0.15) is 22.4 Å². The zero-order valence-electron chi connectivity index (χ0n) is 9.10. The molecule has 3 aromatic heterocycles. The molecule has 0 aliphatic heterocycles. The molecular formula is C11H11N5. The maximum absolute atomic E-state index is 5.89. The lowest BCUT2D eigenvalue weighted by Gasteiger charge is -2.02. The average molecular weight is 213 g/mol. The van der Waals surface area contributed by atoms with E-state index in [9.17, 15) is 0 Å². The summed E-state index contributed by atoms with van der Waals surface area (Å²) in [5.41, 5.74) is 9.21. The first kappa shape index (κ1) is 9.08.